The number of alkyl halides is 3. The number of hydrogen-bond acceptors (Lipinski definition) is 2. The standard InChI is InChI=1S/C11H16F3NO3/c1-10(2,9(17)18)8(16)15-5-3-4-7(6-15)11(12,13)14/h7H,3-6H2,1-2H3,(H,17,18). The highest BCUT2D eigenvalue weighted by Gasteiger charge is 2.46. The summed E-state index contributed by atoms with van der Waals surface area (Å²) >= 11 is 0. The predicted octanol–water partition coefficient (Wildman–Crippen LogP) is 1.90. The maximum atomic E-state index is 12.6. The summed E-state index contributed by atoms with van der Waals surface area (Å²) in [4.78, 5) is 23.8. The largest absolute Gasteiger partial charge is 0.480 e. The number of piperidine rings is 1. The zero-order valence-electron chi connectivity index (χ0n) is 10.3. The first-order chi connectivity index (χ1) is 8.06. The third-order valence-electron chi connectivity index (χ3n) is 3.24. The molecule has 1 rings (SSSR count). The van der Waals surface area contributed by atoms with E-state index in [0.717, 1.165) is 4.90 Å². The molecule has 1 amide bonds. The number of rotatable bonds is 2. The maximum Gasteiger partial charge on any atom is 0.393 e. The van der Waals surface area contributed by atoms with Crippen LogP contribution in [0.15, 0.2) is 0 Å². The minimum atomic E-state index is -4.34. The van der Waals surface area contributed by atoms with Crippen LogP contribution in [0.4, 0.5) is 13.2 Å². The lowest BCUT2D eigenvalue weighted by molar-refractivity contribution is -0.190. The Morgan fingerprint density at radius 3 is 2.28 bits per heavy atom. The van der Waals surface area contributed by atoms with E-state index in [1.807, 2.05) is 0 Å². The van der Waals surface area contributed by atoms with Crippen molar-refractivity contribution in [2.24, 2.45) is 11.3 Å². The van der Waals surface area contributed by atoms with Gasteiger partial charge in [-0.1, -0.05) is 0 Å². The van der Waals surface area contributed by atoms with E-state index in [0.29, 0.717) is 0 Å². The zero-order chi connectivity index (χ0) is 14.1. The van der Waals surface area contributed by atoms with Gasteiger partial charge < -0.3 is 10.0 Å². The average molecular weight is 267 g/mol. The van der Waals surface area contributed by atoms with Crippen LogP contribution in [0.5, 0.6) is 0 Å². The van der Waals surface area contributed by atoms with Crippen molar-refractivity contribution in [2.45, 2.75) is 32.9 Å². The third-order valence-corrected chi connectivity index (χ3v) is 3.24. The van der Waals surface area contributed by atoms with Crippen LogP contribution in [-0.2, 0) is 9.59 Å². The van der Waals surface area contributed by atoms with Gasteiger partial charge in [0.2, 0.25) is 5.91 Å². The number of amides is 1. The molecule has 7 heteroatoms. The quantitative estimate of drug-likeness (QED) is 0.777. The molecule has 1 unspecified atom stereocenters. The minimum Gasteiger partial charge on any atom is -0.480 e. The molecule has 0 saturated carbocycles. The van der Waals surface area contributed by atoms with E-state index in [-0.39, 0.29) is 19.4 Å². The summed E-state index contributed by atoms with van der Waals surface area (Å²) in [6, 6.07) is 0. The highest BCUT2D eigenvalue weighted by atomic mass is 19.4. The summed E-state index contributed by atoms with van der Waals surface area (Å²) in [6.45, 7) is 2.14. The van der Waals surface area contributed by atoms with E-state index in [1.165, 1.54) is 13.8 Å². The molecule has 104 valence electrons. The van der Waals surface area contributed by atoms with Crippen molar-refractivity contribution in [3.05, 3.63) is 0 Å². The summed E-state index contributed by atoms with van der Waals surface area (Å²) in [7, 11) is 0. The Morgan fingerprint density at radius 2 is 1.83 bits per heavy atom. The normalized spacial score (nSPS) is 21.8. The molecule has 0 aromatic carbocycles. The number of carbonyl (C=O) groups excluding carboxylic acids is 1. The summed E-state index contributed by atoms with van der Waals surface area (Å²) in [5.41, 5.74) is -1.69. The van der Waals surface area contributed by atoms with Crippen LogP contribution in [0, 0.1) is 11.3 Å². The molecule has 1 saturated heterocycles. The lowest BCUT2D eigenvalue weighted by atomic mass is 9.89. The Morgan fingerprint density at radius 1 is 1.28 bits per heavy atom. The van der Waals surface area contributed by atoms with Gasteiger partial charge in [0.25, 0.3) is 0 Å². The predicted molar refractivity (Wildman–Crippen MR) is 56.8 cm³/mol. The van der Waals surface area contributed by atoms with Gasteiger partial charge in [0.05, 0.1) is 5.92 Å². The fourth-order valence-electron chi connectivity index (χ4n) is 1.92. The molecule has 0 bridgehead atoms. The van der Waals surface area contributed by atoms with Crippen LogP contribution in [0.2, 0.25) is 0 Å². The van der Waals surface area contributed by atoms with Crippen LogP contribution in [0.25, 0.3) is 0 Å². The Bertz CT molecular complexity index is 352. The SMILES string of the molecule is CC(C)(C(=O)O)C(=O)N1CCCC(C(F)(F)F)C1. The molecule has 0 aromatic rings. The first-order valence-corrected chi connectivity index (χ1v) is 5.66. The molecule has 1 aliphatic heterocycles. The molecule has 1 aliphatic rings. The van der Waals surface area contributed by atoms with Gasteiger partial charge in [-0.05, 0) is 26.7 Å². The Balaban J connectivity index is 2.79. The first-order valence-electron chi connectivity index (χ1n) is 5.66. The van der Waals surface area contributed by atoms with E-state index in [9.17, 15) is 22.8 Å². The highest BCUT2D eigenvalue weighted by Crippen LogP contribution is 2.34. The number of halogens is 3. The first kappa shape index (κ1) is 14.8. The Labute approximate surface area is 103 Å². The summed E-state index contributed by atoms with van der Waals surface area (Å²) < 4.78 is 37.7. The fraction of sp³-hybridized carbons (Fsp3) is 0.818. The van der Waals surface area contributed by atoms with Gasteiger partial charge in [-0.3, -0.25) is 9.59 Å². The van der Waals surface area contributed by atoms with Crippen LogP contribution in [0.3, 0.4) is 0 Å². The second-order valence-corrected chi connectivity index (χ2v) is 5.06. The molecule has 1 fully saturated rings. The summed E-state index contributed by atoms with van der Waals surface area (Å²) in [5.74, 6) is -3.65. The summed E-state index contributed by atoms with van der Waals surface area (Å²) in [5, 5.41) is 8.90. The fourth-order valence-corrected chi connectivity index (χ4v) is 1.92. The van der Waals surface area contributed by atoms with Gasteiger partial charge in [-0.2, -0.15) is 13.2 Å². The topological polar surface area (TPSA) is 57.6 Å². The highest BCUT2D eigenvalue weighted by molar-refractivity contribution is 6.01. The minimum absolute atomic E-state index is 0.0131. The van der Waals surface area contributed by atoms with Gasteiger partial charge in [0.1, 0.15) is 5.41 Å². The van der Waals surface area contributed by atoms with Crippen molar-refractivity contribution in [3.63, 3.8) is 0 Å². The number of carboxylic acid groups (broad SMARTS) is 1. The molecule has 0 spiro atoms. The van der Waals surface area contributed by atoms with Crippen molar-refractivity contribution < 1.29 is 27.9 Å². The van der Waals surface area contributed by atoms with Gasteiger partial charge in [0, 0.05) is 13.1 Å². The molecule has 4 nitrogen and oxygen atoms in total. The Hall–Kier alpha value is -1.27. The molecular weight excluding hydrogens is 251 g/mol. The van der Waals surface area contributed by atoms with Gasteiger partial charge in [-0.25, -0.2) is 0 Å². The number of hydrogen-bond donors (Lipinski definition) is 1. The van der Waals surface area contributed by atoms with E-state index in [2.05, 4.69) is 0 Å². The van der Waals surface area contributed by atoms with Crippen molar-refractivity contribution in [1.82, 2.24) is 4.90 Å². The number of carboxylic acids is 1. The number of likely N-dealkylation sites (tertiary alicyclic amines) is 1. The number of carbonyl (C=O) groups is 2. The van der Waals surface area contributed by atoms with Gasteiger partial charge in [-0.15, -0.1) is 0 Å². The van der Waals surface area contributed by atoms with Crippen molar-refractivity contribution in [3.8, 4) is 0 Å². The molecular formula is C11H16F3NO3. The average Bonchev–Trinajstić information content (AvgIpc) is 2.26. The van der Waals surface area contributed by atoms with E-state index < -0.39 is 35.9 Å². The van der Waals surface area contributed by atoms with Gasteiger partial charge in [0.15, 0.2) is 0 Å². The van der Waals surface area contributed by atoms with Crippen LogP contribution in [0.1, 0.15) is 26.7 Å². The van der Waals surface area contributed by atoms with Crippen LogP contribution < -0.4 is 0 Å². The second kappa shape index (κ2) is 4.78. The van der Waals surface area contributed by atoms with E-state index >= 15 is 0 Å². The molecule has 0 aliphatic carbocycles. The molecule has 18 heavy (non-hydrogen) atoms. The van der Waals surface area contributed by atoms with E-state index in [1.54, 1.807) is 0 Å². The monoisotopic (exact) mass is 267 g/mol. The molecule has 0 radical (unpaired) electrons. The molecule has 1 atom stereocenters. The lowest BCUT2D eigenvalue weighted by Gasteiger charge is -2.36. The molecule has 1 N–H and O–H groups in total. The van der Waals surface area contributed by atoms with Crippen LogP contribution >= 0.6 is 0 Å². The van der Waals surface area contributed by atoms with E-state index in [4.69, 9.17) is 5.11 Å². The third kappa shape index (κ3) is 2.94. The maximum absolute atomic E-state index is 12.6. The Kier molecular flexibility index (Phi) is 3.92. The van der Waals surface area contributed by atoms with Crippen molar-refractivity contribution in [1.29, 1.82) is 0 Å². The number of nitrogens with zero attached hydrogens (tertiary/aromatic N) is 1. The second-order valence-electron chi connectivity index (χ2n) is 5.06. The van der Waals surface area contributed by atoms with Gasteiger partial charge >= 0.3 is 12.1 Å². The smallest absolute Gasteiger partial charge is 0.393 e. The lowest BCUT2D eigenvalue weighted by Crippen LogP contribution is -2.51. The van der Waals surface area contributed by atoms with Crippen LogP contribution in [-0.4, -0.2) is 41.1 Å². The molecule has 1 heterocycles. The zero-order valence-corrected chi connectivity index (χ0v) is 10.3. The van der Waals surface area contributed by atoms with Crippen molar-refractivity contribution >= 4 is 11.9 Å². The number of aliphatic carboxylic acids is 1. The summed E-state index contributed by atoms with van der Waals surface area (Å²) in [6.07, 6.45) is -4.11. The van der Waals surface area contributed by atoms with Crippen molar-refractivity contribution in [2.75, 3.05) is 13.1 Å². The molecule has 0 aromatic heterocycles.